The third-order valence-electron chi connectivity index (χ3n) is 3.69. The molecule has 3 aromatic rings. The second-order valence-electron chi connectivity index (χ2n) is 5.60. The molecule has 0 bridgehead atoms. The van der Waals surface area contributed by atoms with Gasteiger partial charge < -0.3 is 9.88 Å². The van der Waals surface area contributed by atoms with Gasteiger partial charge in [0.2, 0.25) is 5.91 Å². The van der Waals surface area contributed by atoms with Crippen molar-refractivity contribution in [1.82, 2.24) is 14.8 Å². The van der Waals surface area contributed by atoms with Gasteiger partial charge in [0.25, 0.3) is 0 Å². The lowest BCUT2D eigenvalue weighted by Crippen LogP contribution is -2.22. The van der Waals surface area contributed by atoms with Crippen molar-refractivity contribution >= 4 is 23.4 Å². The Labute approximate surface area is 153 Å². The van der Waals surface area contributed by atoms with Gasteiger partial charge in [-0.1, -0.05) is 30.0 Å². The predicted octanol–water partition coefficient (Wildman–Crippen LogP) is 3.88. The topological polar surface area (TPSA) is 59.8 Å². The monoisotopic (exact) mass is 374 g/mol. The molecule has 2 aromatic carbocycles. The van der Waals surface area contributed by atoms with Crippen molar-refractivity contribution in [3.63, 3.8) is 0 Å². The zero-order chi connectivity index (χ0) is 18.7. The molecule has 0 radical (unpaired) electrons. The number of hydrogen-bond donors (Lipinski definition) is 1. The Balaban J connectivity index is 1.73. The molecule has 0 saturated carbocycles. The summed E-state index contributed by atoms with van der Waals surface area (Å²) in [5.41, 5.74) is 0.721. The molecule has 1 N–H and O–H groups in total. The summed E-state index contributed by atoms with van der Waals surface area (Å²) in [6, 6.07) is 12.0. The number of rotatable bonds is 5. The summed E-state index contributed by atoms with van der Waals surface area (Å²) >= 11 is 1.18. The van der Waals surface area contributed by atoms with E-state index in [1.807, 2.05) is 0 Å². The summed E-state index contributed by atoms with van der Waals surface area (Å²) in [5, 5.41) is 10.7. The summed E-state index contributed by atoms with van der Waals surface area (Å²) < 4.78 is 28.8. The highest BCUT2D eigenvalue weighted by atomic mass is 32.2. The first kappa shape index (κ1) is 18.1. The number of amides is 1. The Morgan fingerprint density at radius 1 is 1.15 bits per heavy atom. The van der Waals surface area contributed by atoms with Crippen LogP contribution in [0.2, 0.25) is 0 Å². The summed E-state index contributed by atoms with van der Waals surface area (Å²) in [6.45, 7) is 1.71. The summed E-state index contributed by atoms with van der Waals surface area (Å²) in [6.07, 6.45) is 0. The van der Waals surface area contributed by atoms with E-state index in [2.05, 4.69) is 15.5 Å². The maximum atomic E-state index is 13.9. The highest BCUT2D eigenvalue weighted by molar-refractivity contribution is 8.00. The van der Waals surface area contributed by atoms with Crippen molar-refractivity contribution in [2.45, 2.75) is 17.3 Å². The van der Waals surface area contributed by atoms with Crippen LogP contribution in [0.4, 0.5) is 14.5 Å². The number of aromatic nitrogens is 3. The third kappa shape index (κ3) is 3.91. The molecule has 0 spiro atoms. The van der Waals surface area contributed by atoms with Crippen LogP contribution in [0.15, 0.2) is 53.7 Å². The molecule has 1 heterocycles. The van der Waals surface area contributed by atoms with Crippen LogP contribution in [-0.4, -0.2) is 25.9 Å². The number of nitrogens with zero attached hydrogens (tertiary/aromatic N) is 3. The van der Waals surface area contributed by atoms with Gasteiger partial charge in [-0.2, -0.15) is 0 Å². The molecule has 8 heteroatoms. The first-order chi connectivity index (χ1) is 12.5. The smallest absolute Gasteiger partial charge is 0.237 e. The minimum Gasteiger partial charge on any atom is -0.325 e. The summed E-state index contributed by atoms with van der Waals surface area (Å²) in [4.78, 5) is 12.3. The molecule has 1 atom stereocenters. The molecule has 134 valence electrons. The molecule has 26 heavy (non-hydrogen) atoms. The van der Waals surface area contributed by atoms with E-state index < -0.39 is 16.9 Å². The van der Waals surface area contributed by atoms with Crippen LogP contribution in [0.1, 0.15) is 6.92 Å². The lowest BCUT2D eigenvalue weighted by atomic mass is 10.2. The molecule has 0 aliphatic rings. The molecule has 3 rings (SSSR count). The van der Waals surface area contributed by atoms with Crippen LogP contribution < -0.4 is 5.32 Å². The third-order valence-corrected chi connectivity index (χ3v) is 4.83. The zero-order valence-electron chi connectivity index (χ0n) is 14.1. The van der Waals surface area contributed by atoms with Crippen molar-refractivity contribution in [2.24, 2.45) is 7.05 Å². The van der Waals surface area contributed by atoms with E-state index in [9.17, 15) is 13.6 Å². The van der Waals surface area contributed by atoms with Gasteiger partial charge in [-0.05, 0) is 37.3 Å². The van der Waals surface area contributed by atoms with Gasteiger partial charge in [-0.25, -0.2) is 8.78 Å². The van der Waals surface area contributed by atoms with Gasteiger partial charge >= 0.3 is 0 Å². The zero-order valence-corrected chi connectivity index (χ0v) is 14.9. The van der Waals surface area contributed by atoms with Gasteiger partial charge in [-0.3, -0.25) is 4.79 Å². The van der Waals surface area contributed by atoms with Crippen LogP contribution in [0, 0.1) is 11.6 Å². The standard InChI is InChI=1S/C18H16F2N4OS/c1-11(17(25)21-13-7-5-6-12(19)10-13)26-18-23-22-16(24(18)2)14-8-3-4-9-15(14)20/h3-11H,1-2H3,(H,21,25). The van der Waals surface area contributed by atoms with Crippen molar-refractivity contribution in [3.05, 3.63) is 60.2 Å². The van der Waals surface area contributed by atoms with Crippen LogP contribution in [-0.2, 0) is 11.8 Å². The number of thioether (sulfide) groups is 1. The number of benzene rings is 2. The van der Waals surface area contributed by atoms with Crippen molar-refractivity contribution < 1.29 is 13.6 Å². The van der Waals surface area contributed by atoms with E-state index in [1.165, 1.54) is 36.0 Å². The molecule has 0 fully saturated rings. The van der Waals surface area contributed by atoms with Crippen LogP contribution >= 0.6 is 11.8 Å². The minimum atomic E-state index is -0.505. The van der Waals surface area contributed by atoms with Crippen molar-refractivity contribution in [2.75, 3.05) is 5.32 Å². The summed E-state index contributed by atoms with van der Waals surface area (Å²) in [7, 11) is 1.71. The highest BCUT2D eigenvalue weighted by Crippen LogP contribution is 2.27. The Morgan fingerprint density at radius 3 is 2.65 bits per heavy atom. The first-order valence-corrected chi connectivity index (χ1v) is 8.71. The Kier molecular flexibility index (Phi) is 5.32. The van der Waals surface area contributed by atoms with Crippen LogP contribution in [0.5, 0.6) is 0 Å². The molecule has 5 nitrogen and oxygen atoms in total. The molecule has 1 amide bonds. The average Bonchev–Trinajstić information content (AvgIpc) is 2.96. The SMILES string of the molecule is CC(Sc1nnc(-c2ccccc2F)n1C)C(=O)Nc1cccc(F)c1. The van der Waals surface area contributed by atoms with Gasteiger partial charge in [-0.15, -0.1) is 10.2 Å². The molecule has 1 aromatic heterocycles. The van der Waals surface area contributed by atoms with E-state index in [1.54, 1.807) is 42.8 Å². The maximum Gasteiger partial charge on any atom is 0.237 e. The fourth-order valence-electron chi connectivity index (χ4n) is 2.32. The molecular formula is C18H16F2N4OS. The number of hydrogen-bond acceptors (Lipinski definition) is 4. The minimum absolute atomic E-state index is 0.295. The van der Waals surface area contributed by atoms with E-state index >= 15 is 0 Å². The molecule has 1 unspecified atom stereocenters. The second-order valence-corrected chi connectivity index (χ2v) is 6.91. The van der Waals surface area contributed by atoms with E-state index in [-0.39, 0.29) is 5.91 Å². The van der Waals surface area contributed by atoms with E-state index in [0.29, 0.717) is 22.2 Å². The fraction of sp³-hybridized carbons (Fsp3) is 0.167. The molecule has 0 aliphatic heterocycles. The Morgan fingerprint density at radius 2 is 1.92 bits per heavy atom. The second kappa shape index (κ2) is 7.65. The highest BCUT2D eigenvalue weighted by Gasteiger charge is 2.20. The quantitative estimate of drug-likeness (QED) is 0.689. The van der Waals surface area contributed by atoms with Gasteiger partial charge in [0, 0.05) is 12.7 Å². The first-order valence-electron chi connectivity index (χ1n) is 7.83. The maximum absolute atomic E-state index is 13.9. The fourth-order valence-corrected chi connectivity index (χ4v) is 3.13. The van der Waals surface area contributed by atoms with Gasteiger partial charge in [0.15, 0.2) is 11.0 Å². The number of halogens is 2. The lowest BCUT2D eigenvalue weighted by Gasteiger charge is -2.12. The normalized spacial score (nSPS) is 12.0. The summed E-state index contributed by atoms with van der Waals surface area (Å²) in [5.74, 6) is -0.734. The number of nitrogens with one attached hydrogen (secondary N) is 1. The predicted molar refractivity (Wildman–Crippen MR) is 96.7 cm³/mol. The molecule has 0 saturated heterocycles. The number of carbonyl (C=O) groups is 1. The van der Waals surface area contributed by atoms with Gasteiger partial charge in [0.1, 0.15) is 11.6 Å². The largest absolute Gasteiger partial charge is 0.325 e. The molecule has 0 aliphatic carbocycles. The number of anilines is 1. The average molecular weight is 374 g/mol. The molecular weight excluding hydrogens is 358 g/mol. The lowest BCUT2D eigenvalue weighted by molar-refractivity contribution is -0.115. The van der Waals surface area contributed by atoms with Crippen LogP contribution in [0.3, 0.4) is 0 Å². The van der Waals surface area contributed by atoms with E-state index in [4.69, 9.17) is 0 Å². The van der Waals surface area contributed by atoms with E-state index in [0.717, 1.165) is 0 Å². The number of carbonyl (C=O) groups excluding carboxylic acids is 1. The van der Waals surface area contributed by atoms with Crippen molar-refractivity contribution in [3.8, 4) is 11.4 Å². The Bertz CT molecular complexity index is 944. The van der Waals surface area contributed by atoms with Crippen LogP contribution in [0.25, 0.3) is 11.4 Å². The van der Waals surface area contributed by atoms with Gasteiger partial charge in [0.05, 0.1) is 10.8 Å². The van der Waals surface area contributed by atoms with Crippen molar-refractivity contribution in [1.29, 1.82) is 0 Å². The Hall–Kier alpha value is -2.74.